The molecule has 0 atom stereocenters. The normalized spacial score (nSPS) is 10.6. The van der Waals surface area contributed by atoms with Crippen LogP contribution in [0.5, 0.6) is 5.75 Å². The minimum absolute atomic E-state index is 0. The number of hydrogen-bond acceptors (Lipinski definition) is 3. The van der Waals surface area contributed by atoms with E-state index in [-0.39, 0.29) is 45.3 Å². The Hall–Kier alpha value is -1.25. The van der Waals surface area contributed by atoms with Gasteiger partial charge >= 0.3 is 0 Å². The molecule has 4 nitrogen and oxygen atoms in total. The fraction of sp³-hybridized carbons (Fsp3) is 0.267. The van der Waals surface area contributed by atoms with Gasteiger partial charge in [0.05, 0.1) is 18.2 Å². The second-order valence-electron chi connectivity index (χ2n) is 4.48. The Morgan fingerprint density at radius 1 is 1.25 bits per heavy atom. The zero-order valence-corrected chi connectivity index (χ0v) is 15.4. The molecule has 24 heavy (non-hydrogen) atoms. The quantitative estimate of drug-likeness (QED) is 0.411. The molecule has 1 aromatic carbocycles. The number of benzene rings is 1. The molecule has 1 radical (unpaired) electrons. The summed E-state index contributed by atoms with van der Waals surface area (Å²) in [7, 11) is 1.34. The number of nitrogens with zero attached hydrogens (tertiary/aromatic N) is 1. The molecule has 0 aliphatic carbocycles. The van der Waals surface area contributed by atoms with Crippen molar-refractivity contribution in [3.8, 4) is 17.0 Å². The second kappa shape index (κ2) is 9.29. The number of aromatic nitrogens is 1. The van der Waals surface area contributed by atoms with E-state index >= 15 is 0 Å². The van der Waals surface area contributed by atoms with E-state index in [1.165, 1.54) is 7.11 Å². The average Bonchev–Trinajstić information content (AvgIpc) is 2.47. The molecular weight excluding hydrogens is 407 g/mol. The molecule has 127 valence electrons. The van der Waals surface area contributed by atoms with Crippen LogP contribution in [0.25, 0.3) is 11.3 Å². The number of pyridine rings is 1. The molecule has 0 N–H and O–H groups in total. The van der Waals surface area contributed by atoms with Gasteiger partial charge in [0.2, 0.25) is 0 Å². The predicted molar refractivity (Wildman–Crippen MR) is 73.4 cm³/mol. The number of alkyl halides is 2. The van der Waals surface area contributed by atoms with E-state index in [9.17, 15) is 22.4 Å². The van der Waals surface area contributed by atoms with E-state index in [1.54, 1.807) is 0 Å². The number of methoxy groups -OCH3 is 1. The van der Waals surface area contributed by atoms with E-state index in [0.717, 1.165) is 24.3 Å². The molecule has 0 amide bonds. The van der Waals surface area contributed by atoms with E-state index in [2.05, 4.69) is 10.8 Å². The zero-order chi connectivity index (χ0) is 17.0. The molecule has 0 fully saturated rings. The molecule has 0 unspecified atom stereocenters. The maximum Gasteiger partial charge on any atom is 0.256 e. The first-order valence-corrected chi connectivity index (χ1v) is 6.45. The van der Waals surface area contributed by atoms with Gasteiger partial charge in [-0.05, 0) is 5.56 Å². The average molecular weight is 419 g/mol. The van der Waals surface area contributed by atoms with Crippen LogP contribution in [0.15, 0.2) is 29.1 Å². The van der Waals surface area contributed by atoms with E-state index in [0.29, 0.717) is 4.57 Å². The van der Waals surface area contributed by atoms with Gasteiger partial charge in [-0.3, -0.25) is 4.79 Å². The third kappa shape index (κ3) is 4.88. The second-order valence-corrected chi connectivity index (χ2v) is 4.48. The molecular formula is C15H12F4NO3Y-. The summed E-state index contributed by atoms with van der Waals surface area (Å²) in [5.41, 5.74) is -1.84. The Morgan fingerprint density at radius 2 is 1.88 bits per heavy atom. The van der Waals surface area contributed by atoms with Crippen LogP contribution in [0.2, 0.25) is 0 Å². The van der Waals surface area contributed by atoms with Crippen molar-refractivity contribution in [1.29, 1.82) is 0 Å². The van der Waals surface area contributed by atoms with Crippen LogP contribution in [-0.2, 0) is 44.0 Å². The van der Waals surface area contributed by atoms with Crippen molar-refractivity contribution >= 4 is 0 Å². The Labute approximate surface area is 160 Å². The summed E-state index contributed by atoms with van der Waals surface area (Å²) in [6.07, 6.45) is -2.86. The summed E-state index contributed by atoms with van der Waals surface area (Å²) in [5.74, 6) is -2.27. The van der Waals surface area contributed by atoms with E-state index in [4.69, 9.17) is 4.74 Å². The van der Waals surface area contributed by atoms with Crippen molar-refractivity contribution in [2.75, 3.05) is 13.9 Å². The Kier molecular flexibility index (Phi) is 8.05. The first kappa shape index (κ1) is 20.8. The molecule has 0 aliphatic rings. The largest absolute Gasteiger partial charge is 0.467 e. The molecule has 0 saturated carbocycles. The van der Waals surface area contributed by atoms with Gasteiger partial charge < -0.3 is 14.0 Å². The van der Waals surface area contributed by atoms with Gasteiger partial charge in [-0.15, -0.1) is 0 Å². The van der Waals surface area contributed by atoms with Gasteiger partial charge in [0, 0.05) is 52.0 Å². The van der Waals surface area contributed by atoms with Crippen LogP contribution in [0.3, 0.4) is 0 Å². The summed E-state index contributed by atoms with van der Waals surface area (Å²) < 4.78 is 63.7. The monoisotopic (exact) mass is 419 g/mol. The molecule has 0 aliphatic heterocycles. The standard InChI is InChI=1S/C15H12F4NO3.Y/c1-22-8-23-9-5-10(16)15(11(17)6-9)12-3-2-4-14(21)20(12)7-13(18)19;/h2,4-6,13H,7-8H2,1H3;/q-1;. The van der Waals surface area contributed by atoms with Crippen molar-refractivity contribution < 1.29 is 59.7 Å². The molecule has 0 saturated heterocycles. The Balaban J connectivity index is 0.00000288. The summed E-state index contributed by atoms with van der Waals surface area (Å²) in [5, 5.41) is 0. The fourth-order valence-corrected chi connectivity index (χ4v) is 1.98. The first-order chi connectivity index (χ1) is 10.9. The van der Waals surface area contributed by atoms with Gasteiger partial charge in [-0.1, -0.05) is 11.8 Å². The molecule has 2 aromatic rings. The van der Waals surface area contributed by atoms with Crippen LogP contribution in [0.4, 0.5) is 17.6 Å². The zero-order valence-electron chi connectivity index (χ0n) is 12.6. The van der Waals surface area contributed by atoms with Gasteiger partial charge in [0.15, 0.2) is 12.4 Å². The first-order valence-electron chi connectivity index (χ1n) is 6.45. The number of rotatable bonds is 6. The van der Waals surface area contributed by atoms with Crippen LogP contribution in [0, 0.1) is 17.7 Å². The fourth-order valence-electron chi connectivity index (χ4n) is 1.98. The molecule has 9 heteroatoms. The predicted octanol–water partition coefficient (Wildman–Crippen LogP) is 2.84. The van der Waals surface area contributed by atoms with Crippen LogP contribution >= 0.6 is 0 Å². The van der Waals surface area contributed by atoms with Crippen LogP contribution < -0.4 is 10.3 Å². The smallest absolute Gasteiger partial charge is 0.256 e. The number of halogens is 4. The Morgan fingerprint density at radius 3 is 2.42 bits per heavy atom. The van der Waals surface area contributed by atoms with Gasteiger partial charge in [0.25, 0.3) is 6.43 Å². The molecule has 0 spiro atoms. The molecule has 1 aromatic heterocycles. The minimum Gasteiger partial charge on any atom is -0.467 e. The van der Waals surface area contributed by atoms with Gasteiger partial charge in [0.1, 0.15) is 5.75 Å². The van der Waals surface area contributed by atoms with Crippen molar-refractivity contribution in [1.82, 2.24) is 4.57 Å². The minimum atomic E-state index is -2.86. The number of ether oxygens (including phenoxy) is 2. The number of hydrogen-bond donors (Lipinski definition) is 0. The van der Waals surface area contributed by atoms with Crippen LogP contribution in [-0.4, -0.2) is 24.9 Å². The third-order valence-electron chi connectivity index (χ3n) is 2.90. The summed E-state index contributed by atoms with van der Waals surface area (Å²) >= 11 is 0. The molecule has 2 rings (SSSR count). The van der Waals surface area contributed by atoms with E-state index in [1.807, 2.05) is 0 Å². The van der Waals surface area contributed by atoms with E-state index < -0.39 is 41.4 Å². The topological polar surface area (TPSA) is 40.5 Å². The van der Waals surface area contributed by atoms with Crippen molar-refractivity contribution in [3.05, 3.63) is 52.3 Å². The maximum atomic E-state index is 14.2. The van der Waals surface area contributed by atoms with Crippen molar-refractivity contribution in [2.45, 2.75) is 13.0 Å². The SMILES string of the molecule is COCOc1cc(F)c(-c2[c-]ccc(=O)n2CC(F)F)c(F)c1.[Y]. The molecule has 1 heterocycles. The van der Waals surface area contributed by atoms with Crippen molar-refractivity contribution in [2.24, 2.45) is 0 Å². The van der Waals surface area contributed by atoms with Gasteiger partial charge in [-0.25, -0.2) is 17.6 Å². The van der Waals surface area contributed by atoms with Crippen LogP contribution in [0.1, 0.15) is 0 Å². The Bertz CT molecular complexity index is 729. The van der Waals surface area contributed by atoms with Crippen molar-refractivity contribution in [3.63, 3.8) is 0 Å². The summed E-state index contributed by atoms with van der Waals surface area (Å²) in [4.78, 5) is 11.7. The summed E-state index contributed by atoms with van der Waals surface area (Å²) in [6.45, 7) is -1.21. The van der Waals surface area contributed by atoms with Gasteiger partial charge in [-0.2, -0.15) is 12.1 Å². The summed E-state index contributed by atoms with van der Waals surface area (Å²) in [6, 6.07) is 6.27. The maximum absolute atomic E-state index is 14.2. The molecule has 0 bridgehead atoms. The third-order valence-corrected chi connectivity index (χ3v) is 2.90.